The van der Waals surface area contributed by atoms with Crippen molar-refractivity contribution >= 4 is 33.6 Å². The standard InChI is InChI=1S/C20H21BrN4OS/c1-15-6-2-5-9-18(15)25-19(24-10-12-26-13-11-24)22-23-20(25)27-14-16-7-3-4-8-17(16)21/h2-9H,10-14H2,1H3. The van der Waals surface area contributed by atoms with E-state index in [1.807, 2.05) is 6.07 Å². The fraction of sp³-hybridized carbons (Fsp3) is 0.300. The molecule has 5 nitrogen and oxygen atoms in total. The molecule has 1 aromatic heterocycles. The van der Waals surface area contributed by atoms with Crippen LogP contribution in [0.3, 0.4) is 0 Å². The number of hydrogen-bond donors (Lipinski definition) is 0. The van der Waals surface area contributed by atoms with Crippen LogP contribution in [0.15, 0.2) is 58.2 Å². The number of nitrogens with zero attached hydrogens (tertiary/aromatic N) is 4. The molecule has 0 spiro atoms. The predicted molar refractivity (Wildman–Crippen MR) is 113 cm³/mol. The van der Waals surface area contributed by atoms with Gasteiger partial charge in [-0.15, -0.1) is 10.2 Å². The zero-order valence-electron chi connectivity index (χ0n) is 15.1. The predicted octanol–water partition coefficient (Wildman–Crippen LogP) is 4.47. The molecule has 0 N–H and O–H groups in total. The maximum absolute atomic E-state index is 5.51. The van der Waals surface area contributed by atoms with E-state index in [1.54, 1.807) is 11.8 Å². The first-order valence-corrected chi connectivity index (χ1v) is 10.7. The van der Waals surface area contributed by atoms with E-state index in [9.17, 15) is 0 Å². The van der Waals surface area contributed by atoms with E-state index in [4.69, 9.17) is 4.74 Å². The smallest absolute Gasteiger partial charge is 0.232 e. The molecule has 2 heterocycles. The Balaban J connectivity index is 1.70. The van der Waals surface area contributed by atoms with Crippen LogP contribution >= 0.6 is 27.7 Å². The van der Waals surface area contributed by atoms with Gasteiger partial charge in [0.15, 0.2) is 5.16 Å². The monoisotopic (exact) mass is 444 g/mol. The lowest BCUT2D eigenvalue weighted by Gasteiger charge is -2.28. The molecule has 2 aromatic carbocycles. The van der Waals surface area contributed by atoms with Crippen molar-refractivity contribution in [3.05, 3.63) is 64.1 Å². The molecule has 27 heavy (non-hydrogen) atoms. The normalized spacial score (nSPS) is 14.5. The second-order valence-electron chi connectivity index (χ2n) is 6.38. The number of benzene rings is 2. The molecule has 140 valence electrons. The van der Waals surface area contributed by atoms with Crippen molar-refractivity contribution < 1.29 is 4.74 Å². The van der Waals surface area contributed by atoms with Crippen LogP contribution in [-0.4, -0.2) is 41.1 Å². The van der Waals surface area contributed by atoms with Gasteiger partial charge in [-0.1, -0.05) is 64.1 Å². The van der Waals surface area contributed by atoms with Gasteiger partial charge in [-0.05, 0) is 30.2 Å². The van der Waals surface area contributed by atoms with Gasteiger partial charge in [0.05, 0.1) is 18.9 Å². The summed E-state index contributed by atoms with van der Waals surface area (Å²) in [5.74, 6) is 1.72. The van der Waals surface area contributed by atoms with E-state index >= 15 is 0 Å². The number of halogens is 1. The fourth-order valence-electron chi connectivity index (χ4n) is 3.11. The fourth-order valence-corrected chi connectivity index (χ4v) is 4.66. The summed E-state index contributed by atoms with van der Waals surface area (Å²) in [6.45, 7) is 5.23. The molecule has 1 aliphatic rings. The summed E-state index contributed by atoms with van der Waals surface area (Å²) in [6, 6.07) is 16.7. The Bertz CT molecular complexity index is 924. The number of morpholine rings is 1. The molecule has 0 radical (unpaired) electrons. The molecule has 0 atom stereocenters. The molecule has 4 rings (SSSR count). The number of rotatable bonds is 5. The summed E-state index contributed by atoms with van der Waals surface area (Å²) < 4.78 is 8.81. The molecule has 0 saturated carbocycles. The van der Waals surface area contributed by atoms with E-state index in [0.717, 1.165) is 53.3 Å². The molecular weight excluding hydrogens is 424 g/mol. The van der Waals surface area contributed by atoms with E-state index in [0.29, 0.717) is 0 Å². The maximum Gasteiger partial charge on any atom is 0.232 e. The van der Waals surface area contributed by atoms with Crippen molar-refractivity contribution in [2.75, 3.05) is 31.2 Å². The first-order valence-electron chi connectivity index (χ1n) is 8.94. The Labute approximate surface area is 171 Å². The van der Waals surface area contributed by atoms with Crippen molar-refractivity contribution in [2.45, 2.75) is 17.8 Å². The third kappa shape index (κ3) is 4.05. The van der Waals surface area contributed by atoms with Crippen molar-refractivity contribution in [1.82, 2.24) is 14.8 Å². The van der Waals surface area contributed by atoms with E-state index in [2.05, 4.69) is 85.0 Å². The van der Waals surface area contributed by atoms with Crippen molar-refractivity contribution in [3.63, 3.8) is 0 Å². The summed E-state index contributed by atoms with van der Waals surface area (Å²) in [7, 11) is 0. The Kier molecular flexibility index (Phi) is 5.80. The van der Waals surface area contributed by atoms with E-state index < -0.39 is 0 Å². The minimum atomic E-state index is 0.722. The number of anilines is 1. The van der Waals surface area contributed by atoms with Crippen LogP contribution in [0.4, 0.5) is 5.95 Å². The van der Waals surface area contributed by atoms with Crippen LogP contribution in [-0.2, 0) is 10.5 Å². The zero-order valence-corrected chi connectivity index (χ0v) is 17.5. The van der Waals surface area contributed by atoms with Gasteiger partial charge in [-0.2, -0.15) is 0 Å². The quantitative estimate of drug-likeness (QED) is 0.543. The maximum atomic E-state index is 5.51. The molecule has 0 unspecified atom stereocenters. The Hall–Kier alpha value is -1.83. The minimum Gasteiger partial charge on any atom is -0.378 e. The molecule has 0 bridgehead atoms. The first kappa shape index (κ1) is 18.5. The molecule has 0 amide bonds. The minimum absolute atomic E-state index is 0.722. The summed E-state index contributed by atoms with van der Waals surface area (Å²) in [5.41, 5.74) is 3.57. The van der Waals surface area contributed by atoms with Gasteiger partial charge in [0.2, 0.25) is 5.95 Å². The van der Waals surface area contributed by atoms with Crippen LogP contribution in [0.25, 0.3) is 5.69 Å². The van der Waals surface area contributed by atoms with Crippen molar-refractivity contribution in [1.29, 1.82) is 0 Å². The highest BCUT2D eigenvalue weighted by atomic mass is 79.9. The van der Waals surface area contributed by atoms with Crippen molar-refractivity contribution in [2.24, 2.45) is 0 Å². The molecule has 1 saturated heterocycles. The van der Waals surface area contributed by atoms with Gasteiger partial charge >= 0.3 is 0 Å². The molecule has 0 aliphatic carbocycles. The van der Waals surface area contributed by atoms with Crippen molar-refractivity contribution in [3.8, 4) is 5.69 Å². The number of para-hydroxylation sites is 1. The summed E-state index contributed by atoms with van der Waals surface area (Å²) in [5, 5.41) is 9.98. The lowest BCUT2D eigenvalue weighted by atomic mass is 10.2. The SMILES string of the molecule is Cc1ccccc1-n1c(SCc2ccccc2Br)nnc1N1CCOCC1. The van der Waals surface area contributed by atoms with Crippen LogP contribution in [0, 0.1) is 6.92 Å². The summed E-state index contributed by atoms with van der Waals surface area (Å²) in [4.78, 5) is 2.26. The van der Waals surface area contributed by atoms with Crippen LogP contribution in [0.2, 0.25) is 0 Å². The largest absolute Gasteiger partial charge is 0.378 e. The number of thioether (sulfide) groups is 1. The highest BCUT2D eigenvalue weighted by molar-refractivity contribution is 9.10. The van der Waals surface area contributed by atoms with E-state index in [1.165, 1.54) is 11.1 Å². The highest BCUT2D eigenvalue weighted by Gasteiger charge is 2.22. The van der Waals surface area contributed by atoms with Crippen LogP contribution < -0.4 is 4.90 Å². The van der Waals surface area contributed by atoms with Gasteiger partial charge in [0, 0.05) is 23.3 Å². The van der Waals surface area contributed by atoms with Gasteiger partial charge in [0.25, 0.3) is 0 Å². The highest BCUT2D eigenvalue weighted by Crippen LogP contribution is 2.31. The third-order valence-electron chi connectivity index (χ3n) is 4.58. The van der Waals surface area contributed by atoms with Crippen LogP contribution in [0.1, 0.15) is 11.1 Å². The average molecular weight is 445 g/mol. The second-order valence-corrected chi connectivity index (χ2v) is 8.18. The lowest BCUT2D eigenvalue weighted by molar-refractivity contribution is 0.122. The summed E-state index contributed by atoms with van der Waals surface area (Å²) in [6.07, 6.45) is 0. The van der Waals surface area contributed by atoms with Gasteiger partial charge in [0.1, 0.15) is 0 Å². The number of hydrogen-bond acceptors (Lipinski definition) is 5. The molecule has 3 aromatic rings. The molecular formula is C20H21BrN4OS. The molecule has 1 aliphatic heterocycles. The van der Waals surface area contributed by atoms with Gasteiger partial charge < -0.3 is 9.64 Å². The molecule has 1 fully saturated rings. The molecule has 7 heteroatoms. The lowest BCUT2D eigenvalue weighted by Crippen LogP contribution is -2.38. The number of aromatic nitrogens is 3. The second kappa shape index (κ2) is 8.46. The Morgan fingerprint density at radius 3 is 2.56 bits per heavy atom. The Morgan fingerprint density at radius 1 is 1.04 bits per heavy atom. The van der Waals surface area contributed by atoms with Gasteiger partial charge in [-0.25, -0.2) is 0 Å². The first-order chi connectivity index (χ1) is 13.2. The number of ether oxygens (including phenoxy) is 1. The van der Waals surface area contributed by atoms with E-state index in [-0.39, 0.29) is 0 Å². The summed E-state index contributed by atoms with van der Waals surface area (Å²) >= 11 is 5.34. The topological polar surface area (TPSA) is 43.2 Å². The number of aryl methyl sites for hydroxylation is 1. The third-order valence-corrected chi connectivity index (χ3v) is 6.33. The zero-order chi connectivity index (χ0) is 18.6. The Morgan fingerprint density at radius 2 is 1.78 bits per heavy atom. The van der Waals surface area contributed by atoms with Crippen LogP contribution in [0.5, 0.6) is 0 Å². The van der Waals surface area contributed by atoms with Gasteiger partial charge in [-0.3, -0.25) is 4.57 Å². The average Bonchev–Trinajstić information content (AvgIpc) is 3.12.